The van der Waals surface area contributed by atoms with Crippen LogP contribution >= 0.6 is 27.5 Å². The average Bonchev–Trinajstić information content (AvgIpc) is 2.36. The van der Waals surface area contributed by atoms with E-state index in [-0.39, 0.29) is 5.02 Å². The number of hydrogen-bond acceptors (Lipinski definition) is 4. The molecule has 0 aliphatic rings. The van der Waals surface area contributed by atoms with Gasteiger partial charge in [-0.05, 0) is 34.1 Å². The molecule has 0 saturated carbocycles. The summed E-state index contributed by atoms with van der Waals surface area (Å²) in [5.74, 6) is 0.185. The largest absolute Gasteiger partial charge is 0.480 e. The zero-order valence-corrected chi connectivity index (χ0v) is 11.6. The SMILES string of the molecule is COc1nc(Nc2ccc(Cl)c(F)c2)ncc1Br. The lowest BCUT2D eigenvalue weighted by molar-refractivity contribution is 0.394. The van der Waals surface area contributed by atoms with Gasteiger partial charge in [0.2, 0.25) is 11.8 Å². The minimum atomic E-state index is -0.509. The van der Waals surface area contributed by atoms with Crippen LogP contribution in [0.2, 0.25) is 5.02 Å². The maximum Gasteiger partial charge on any atom is 0.232 e. The van der Waals surface area contributed by atoms with Crippen LogP contribution in [0.15, 0.2) is 28.9 Å². The Labute approximate surface area is 116 Å². The van der Waals surface area contributed by atoms with Crippen LogP contribution in [0.5, 0.6) is 5.88 Å². The molecule has 2 aromatic rings. The molecule has 0 fully saturated rings. The molecule has 2 rings (SSSR count). The summed E-state index contributed by atoms with van der Waals surface area (Å²) in [5, 5.41) is 2.92. The van der Waals surface area contributed by atoms with E-state index in [0.29, 0.717) is 22.0 Å². The van der Waals surface area contributed by atoms with Crippen LogP contribution in [0.3, 0.4) is 0 Å². The number of halogens is 3. The monoisotopic (exact) mass is 331 g/mol. The van der Waals surface area contributed by atoms with Crippen LogP contribution in [0.4, 0.5) is 16.0 Å². The molecule has 0 bridgehead atoms. The highest BCUT2D eigenvalue weighted by atomic mass is 79.9. The maximum atomic E-state index is 13.2. The van der Waals surface area contributed by atoms with Gasteiger partial charge < -0.3 is 10.1 Å². The Morgan fingerprint density at radius 2 is 2.22 bits per heavy atom. The third-order valence-electron chi connectivity index (χ3n) is 2.08. The average molecular weight is 333 g/mol. The van der Waals surface area contributed by atoms with Crippen molar-refractivity contribution in [3.63, 3.8) is 0 Å². The molecule has 1 aromatic carbocycles. The minimum absolute atomic E-state index is 0.0647. The van der Waals surface area contributed by atoms with Gasteiger partial charge in [-0.25, -0.2) is 9.37 Å². The number of hydrogen-bond donors (Lipinski definition) is 1. The van der Waals surface area contributed by atoms with Gasteiger partial charge >= 0.3 is 0 Å². The fourth-order valence-corrected chi connectivity index (χ4v) is 1.73. The van der Waals surface area contributed by atoms with Gasteiger partial charge in [0.05, 0.1) is 22.8 Å². The predicted molar refractivity (Wildman–Crippen MR) is 71.0 cm³/mol. The second-order valence-electron chi connectivity index (χ2n) is 3.30. The number of ether oxygens (including phenoxy) is 1. The summed E-state index contributed by atoms with van der Waals surface area (Å²) in [6, 6.07) is 4.35. The molecule has 0 saturated heterocycles. The first-order valence-electron chi connectivity index (χ1n) is 4.89. The molecule has 18 heavy (non-hydrogen) atoms. The summed E-state index contributed by atoms with van der Waals surface area (Å²) in [6.07, 6.45) is 1.54. The van der Waals surface area contributed by atoms with Crippen molar-refractivity contribution in [3.8, 4) is 5.88 Å². The summed E-state index contributed by atoms with van der Waals surface area (Å²) in [5.41, 5.74) is 0.501. The van der Waals surface area contributed by atoms with Gasteiger partial charge in [0.15, 0.2) is 0 Å². The first-order valence-corrected chi connectivity index (χ1v) is 6.06. The maximum absolute atomic E-state index is 13.2. The van der Waals surface area contributed by atoms with E-state index in [1.807, 2.05) is 0 Å². The minimum Gasteiger partial charge on any atom is -0.480 e. The Bertz CT molecular complexity index is 582. The Morgan fingerprint density at radius 3 is 2.89 bits per heavy atom. The van der Waals surface area contributed by atoms with E-state index in [1.165, 1.54) is 19.2 Å². The summed E-state index contributed by atoms with van der Waals surface area (Å²) >= 11 is 8.83. The number of nitrogens with zero attached hydrogens (tertiary/aromatic N) is 2. The third kappa shape index (κ3) is 2.88. The fourth-order valence-electron chi connectivity index (χ4n) is 1.26. The molecule has 0 aliphatic carbocycles. The first kappa shape index (κ1) is 13.0. The first-order chi connectivity index (χ1) is 8.60. The second-order valence-corrected chi connectivity index (χ2v) is 4.57. The highest BCUT2D eigenvalue weighted by molar-refractivity contribution is 9.10. The van der Waals surface area contributed by atoms with E-state index in [2.05, 4.69) is 31.2 Å². The third-order valence-corrected chi connectivity index (χ3v) is 2.93. The van der Waals surface area contributed by atoms with Crippen molar-refractivity contribution in [2.45, 2.75) is 0 Å². The number of nitrogens with one attached hydrogen (secondary N) is 1. The number of rotatable bonds is 3. The lowest BCUT2D eigenvalue weighted by Gasteiger charge is -2.07. The quantitative estimate of drug-likeness (QED) is 0.929. The van der Waals surface area contributed by atoms with Crippen molar-refractivity contribution in [1.29, 1.82) is 0 Å². The zero-order valence-electron chi connectivity index (χ0n) is 9.25. The molecule has 1 aromatic heterocycles. The lowest BCUT2D eigenvalue weighted by Crippen LogP contribution is -1.99. The molecular weight excluding hydrogens is 324 g/mol. The fraction of sp³-hybridized carbons (Fsp3) is 0.0909. The van der Waals surface area contributed by atoms with E-state index in [9.17, 15) is 4.39 Å². The van der Waals surface area contributed by atoms with Gasteiger partial charge in [0, 0.05) is 5.69 Å². The molecular formula is C11H8BrClFN3O. The molecule has 1 heterocycles. The lowest BCUT2D eigenvalue weighted by atomic mass is 10.3. The summed E-state index contributed by atoms with van der Waals surface area (Å²) < 4.78 is 18.9. The molecule has 0 atom stereocenters. The van der Waals surface area contributed by atoms with Gasteiger partial charge in [0.25, 0.3) is 0 Å². The number of aromatic nitrogens is 2. The topological polar surface area (TPSA) is 47.0 Å². The molecule has 7 heteroatoms. The van der Waals surface area contributed by atoms with E-state index in [1.54, 1.807) is 12.3 Å². The second kappa shape index (κ2) is 5.49. The number of methoxy groups -OCH3 is 1. The van der Waals surface area contributed by atoms with Crippen LogP contribution in [-0.2, 0) is 0 Å². The van der Waals surface area contributed by atoms with Crippen LogP contribution in [0, 0.1) is 5.82 Å². The van der Waals surface area contributed by atoms with Crippen molar-refractivity contribution in [2.24, 2.45) is 0 Å². The van der Waals surface area contributed by atoms with Crippen molar-refractivity contribution in [2.75, 3.05) is 12.4 Å². The zero-order chi connectivity index (χ0) is 13.1. The van der Waals surface area contributed by atoms with Gasteiger partial charge in [-0.3, -0.25) is 0 Å². The smallest absolute Gasteiger partial charge is 0.232 e. The van der Waals surface area contributed by atoms with Gasteiger partial charge in [0.1, 0.15) is 5.82 Å². The Kier molecular flexibility index (Phi) is 3.98. The normalized spacial score (nSPS) is 10.2. The van der Waals surface area contributed by atoms with Crippen molar-refractivity contribution < 1.29 is 9.13 Å². The Balaban J connectivity index is 2.25. The predicted octanol–water partition coefficient (Wildman–Crippen LogP) is 3.78. The summed E-state index contributed by atoms with van der Waals surface area (Å²) in [7, 11) is 1.50. The van der Waals surface area contributed by atoms with Crippen LogP contribution in [0.25, 0.3) is 0 Å². The van der Waals surface area contributed by atoms with Gasteiger partial charge in [-0.15, -0.1) is 0 Å². The van der Waals surface area contributed by atoms with Crippen molar-refractivity contribution in [3.05, 3.63) is 39.7 Å². The van der Waals surface area contributed by atoms with E-state index in [0.717, 1.165) is 0 Å². The van der Waals surface area contributed by atoms with Crippen LogP contribution in [0.1, 0.15) is 0 Å². The van der Waals surface area contributed by atoms with Crippen LogP contribution in [-0.4, -0.2) is 17.1 Å². The molecule has 0 aliphatic heterocycles. The van der Waals surface area contributed by atoms with E-state index >= 15 is 0 Å². The molecule has 0 radical (unpaired) electrons. The number of benzene rings is 1. The molecule has 1 N–H and O–H groups in total. The van der Waals surface area contributed by atoms with Crippen molar-refractivity contribution in [1.82, 2.24) is 9.97 Å². The molecule has 4 nitrogen and oxygen atoms in total. The summed E-state index contributed by atoms with van der Waals surface area (Å²) in [4.78, 5) is 8.12. The molecule has 0 unspecified atom stereocenters. The van der Waals surface area contributed by atoms with E-state index < -0.39 is 5.82 Å². The highest BCUT2D eigenvalue weighted by Gasteiger charge is 2.06. The van der Waals surface area contributed by atoms with Crippen molar-refractivity contribution >= 4 is 39.2 Å². The molecule has 0 amide bonds. The Morgan fingerprint density at radius 1 is 1.44 bits per heavy atom. The summed E-state index contributed by atoms with van der Waals surface area (Å²) in [6.45, 7) is 0. The van der Waals surface area contributed by atoms with Gasteiger partial charge in [-0.1, -0.05) is 11.6 Å². The standard InChI is InChI=1S/C11H8BrClFN3O/c1-18-10-7(12)5-15-11(17-10)16-6-2-3-8(13)9(14)4-6/h2-5H,1H3,(H,15,16,17). The van der Waals surface area contributed by atoms with Crippen LogP contribution < -0.4 is 10.1 Å². The highest BCUT2D eigenvalue weighted by Crippen LogP contribution is 2.24. The molecule has 0 spiro atoms. The Hall–Kier alpha value is -1.40. The number of anilines is 2. The van der Waals surface area contributed by atoms with Gasteiger partial charge in [-0.2, -0.15) is 4.98 Å². The van der Waals surface area contributed by atoms with E-state index in [4.69, 9.17) is 16.3 Å². The molecule has 94 valence electrons.